The average molecular weight is 415 g/mol. The van der Waals surface area contributed by atoms with Crippen molar-refractivity contribution in [2.45, 2.75) is 26.2 Å². The molecule has 1 amide bonds. The van der Waals surface area contributed by atoms with Crippen LogP contribution in [0.1, 0.15) is 34.8 Å². The van der Waals surface area contributed by atoms with Gasteiger partial charge in [0.05, 0.1) is 12.2 Å². The Hall–Kier alpha value is -3.27. The van der Waals surface area contributed by atoms with Crippen molar-refractivity contribution in [1.29, 1.82) is 0 Å². The number of hydrogen-bond donors (Lipinski definition) is 0. The summed E-state index contributed by atoms with van der Waals surface area (Å²) in [7, 11) is 1.87. The van der Waals surface area contributed by atoms with Crippen LogP contribution in [-0.4, -0.2) is 37.6 Å². The molecule has 3 aromatic carbocycles. The number of ether oxygens (including phenoxy) is 1. The molecule has 0 saturated carbocycles. The minimum absolute atomic E-state index is 0.000664. The van der Waals surface area contributed by atoms with Gasteiger partial charge in [-0.2, -0.15) is 0 Å². The van der Waals surface area contributed by atoms with Gasteiger partial charge in [-0.15, -0.1) is 0 Å². The fraction of sp³-hybridized carbons (Fsp3) is 0.296. The van der Waals surface area contributed by atoms with Crippen molar-refractivity contribution < 1.29 is 9.53 Å². The van der Waals surface area contributed by atoms with Gasteiger partial charge in [0, 0.05) is 31.5 Å². The highest BCUT2D eigenvalue weighted by Gasteiger charge is 2.21. The Morgan fingerprint density at radius 3 is 2.13 bits per heavy atom. The maximum atomic E-state index is 13.0. The second-order valence-corrected chi connectivity index (χ2v) is 7.92. The lowest BCUT2D eigenvalue weighted by Crippen LogP contribution is -2.30. The highest BCUT2D eigenvalue weighted by molar-refractivity contribution is 5.96. The monoisotopic (exact) mass is 414 g/mol. The number of benzene rings is 3. The maximum absolute atomic E-state index is 13.0. The minimum atomic E-state index is 0.000664. The standard InChI is InChI=1S/C27H30N2O2/c1-3-31-26-16-9-6-13-23(26)27(30)28(2)19-10-20-29-24-14-7-4-11-21(24)17-18-22-12-5-8-15-25(22)29/h4-9,11-16H,3,10,17-20H2,1-2H3. The summed E-state index contributed by atoms with van der Waals surface area (Å²) in [6.45, 7) is 4.02. The Kier molecular flexibility index (Phi) is 6.56. The highest BCUT2D eigenvalue weighted by atomic mass is 16.5. The number of rotatable bonds is 7. The summed E-state index contributed by atoms with van der Waals surface area (Å²) >= 11 is 0. The fourth-order valence-electron chi connectivity index (χ4n) is 4.31. The van der Waals surface area contributed by atoms with Crippen LogP contribution in [0.2, 0.25) is 0 Å². The molecule has 0 aromatic heterocycles. The fourth-order valence-corrected chi connectivity index (χ4v) is 4.31. The van der Waals surface area contributed by atoms with Crippen LogP contribution in [0.25, 0.3) is 0 Å². The van der Waals surface area contributed by atoms with Crippen LogP contribution in [-0.2, 0) is 12.8 Å². The zero-order valence-electron chi connectivity index (χ0n) is 18.4. The molecule has 0 bridgehead atoms. The lowest BCUT2D eigenvalue weighted by molar-refractivity contribution is 0.0790. The molecule has 0 spiro atoms. The van der Waals surface area contributed by atoms with Gasteiger partial charge in [0.25, 0.3) is 5.91 Å². The number of aryl methyl sites for hydroxylation is 2. The van der Waals surface area contributed by atoms with Crippen molar-refractivity contribution in [2.75, 3.05) is 31.6 Å². The molecule has 4 heteroatoms. The maximum Gasteiger partial charge on any atom is 0.257 e. The Morgan fingerprint density at radius 1 is 0.903 bits per heavy atom. The first-order chi connectivity index (χ1) is 15.2. The zero-order valence-corrected chi connectivity index (χ0v) is 18.4. The van der Waals surface area contributed by atoms with Gasteiger partial charge in [0.1, 0.15) is 5.75 Å². The lowest BCUT2D eigenvalue weighted by Gasteiger charge is -2.28. The summed E-state index contributed by atoms with van der Waals surface area (Å²) in [5.74, 6) is 0.651. The molecule has 4 rings (SSSR count). The summed E-state index contributed by atoms with van der Waals surface area (Å²) in [6, 6.07) is 24.8. The van der Waals surface area contributed by atoms with E-state index >= 15 is 0 Å². The van der Waals surface area contributed by atoms with Crippen LogP contribution >= 0.6 is 0 Å². The highest BCUT2D eigenvalue weighted by Crippen LogP contribution is 2.35. The Morgan fingerprint density at radius 2 is 1.48 bits per heavy atom. The predicted octanol–water partition coefficient (Wildman–Crippen LogP) is 5.48. The van der Waals surface area contributed by atoms with Crippen molar-refractivity contribution >= 4 is 17.3 Å². The summed E-state index contributed by atoms with van der Waals surface area (Å²) < 4.78 is 5.64. The number of amides is 1. The van der Waals surface area contributed by atoms with Gasteiger partial charge in [-0.05, 0) is 61.6 Å². The van der Waals surface area contributed by atoms with E-state index in [-0.39, 0.29) is 5.91 Å². The van der Waals surface area contributed by atoms with Crippen LogP contribution in [0.3, 0.4) is 0 Å². The van der Waals surface area contributed by atoms with E-state index in [1.807, 2.05) is 38.2 Å². The number of carbonyl (C=O) groups is 1. The largest absolute Gasteiger partial charge is 0.493 e. The first kappa shape index (κ1) is 21.0. The molecule has 0 saturated heterocycles. The normalized spacial score (nSPS) is 12.5. The molecule has 31 heavy (non-hydrogen) atoms. The van der Waals surface area contributed by atoms with Gasteiger partial charge in [-0.1, -0.05) is 48.5 Å². The molecule has 1 heterocycles. The van der Waals surface area contributed by atoms with E-state index in [0.717, 1.165) is 25.8 Å². The second kappa shape index (κ2) is 9.69. The van der Waals surface area contributed by atoms with E-state index in [2.05, 4.69) is 53.4 Å². The number of fused-ring (bicyclic) bond motifs is 2. The molecular weight excluding hydrogens is 384 g/mol. The van der Waals surface area contributed by atoms with Crippen molar-refractivity contribution in [1.82, 2.24) is 4.90 Å². The van der Waals surface area contributed by atoms with Crippen LogP contribution in [0.5, 0.6) is 5.75 Å². The Labute approximate surface area is 185 Å². The first-order valence-corrected chi connectivity index (χ1v) is 11.1. The quantitative estimate of drug-likeness (QED) is 0.513. The van der Waals surface area contributed by atoms with Gasteiger partial charge in [-0.3, -0.25) is 4.79 Å². The summed E-state index contributed by atoms with van der Waals surface area (Å²) in [4.78, 5) is 17.2. The smallest absolute Gasteiger partial charge is 0.257 e. The molecule has 4 nitrogen and oxygen atoms in total. The molecule has 1 aliphatic rings. The Bertz CT molecular complexity index is 999. The van der Waals surface area contributed by atoms with E-state index in [4.69, 9.17) is 4.74 Å². The van der Waals surface area contributed by atoms with Crippen LogP contribution in [0.15, 0.2) is 72.8 Å². The summed E-state index contributed by atoms with van der Waals surface area (Å²) in [5.41, 5.74) is 5.95. The van der Waals surface area contributed by atoms with Gasteiger partial charge in [0.15, 0.2) is 0 Å². The third kappa shape index (κ3) is 4.58. The molecule has 0 fully saturated rings. The number of hydrogen-bond acceptors (Lipinski definition) is 3. The predicted molar refractivity (Wildman–Crippen MR) is 126 cm³/mol. The van der Waals surface area contributed by atoms with Crippen LogP contribution < -0.4 is 9.64 Å². The molecule has 0 unspecified atom stereocenters. The topological polar surface area (TPSA) is 32.8 Å². The average Bonchev–Trinajstić information content (AvgIpc) is 2.96. The zero-order chi connectivity index (χ0) is 21.6. The van der Waals surface area contributed by atoms with Crippen molar-refractivity contribution in [2.24, 2.45) is 0 Å². The molecule has 0 radical (unpaired) electrons. The molecule has 0 N–H and O–H groups in total. The van der Waals surface area contributed by atoms with E-state index < -0.39 is 0 Å². The molecule has 0 atom stereocenters. The minimum Gasteiger partial charge on any atom is -0.493 e. The third-order valence-electron chi connectivity index (χ3n) is 5.87. The summed E-state index contributed by atoms with van der Waals surface area (Å²) in [5, 5.41) is 0. The SMILES string of the molecule is CCOc1ccccc1C(=O)N(C)CCCN1c2ccccc2CCc2ccccc21. The molecule has 160 valence electrons. The van der Waals surface area contributed by atoms with Crippen LogP contribution in [0, 0.1) is 0 Å². The molecule has 0 aliphatic carbocycles. The Balaban J connectivity index is 1.48. The number of para-hydroxylation sites is 3. The molecule has 1 aliphatic heterocycles. The third-order valence-corrected chi connectivity index (χ3v) is 5.87. The lowest BCUT2D eigenvalue weighted by atomic mass is 10.0. The second-order valence-electron chi connectivity index (χ2n) is 7.92. The molecule has 3 aromatic rings. The van der Waals surface area contributed by atoms with Gasteiger partial charge < -0.3 is 14.5 Å². The van der Waals surface area contributed by atoms with Crippen molar-refractivity contribution in [3.05, 3.63) is 89.5 Å². The van der Waals surface area contributed by atoms with Gasteiger partial charge in [0.2, 0.25) is 0 Å². The van der Waals surface area contributed by atoms with Gasteiger partial charge >= 0.3 is 0 Å². The number of anilines is 2. The summed E-state index contributed by atoms with van der Waals surface area (Å²) in [6.07, 6.45) is 2.98. The van der Waals surface area contributed by atoms with Crippen molar-refractivity contribution in [3.63, 3.8) is 0 Å². The van der Waals surface area contributed by atoms with E-state index in [0.29, 0.717) is 24.5 Å². The van der Waals surface area contributed by atoms with Crippen LogP contribution in [0.4, 0.5) is 11.4 Å². The van der Waals surface area contributed by atoms with Gasteiger partial charge in [-0.25, -0.2) is 0 Å². The van der Waals surface area contributed by atoms with E-state index in [9.17, 15) is 4.79 Å². The van der Waals surface area contributed by atoms with Crippen molar-refractivity contribution in [3.8, 4) is 5.75 Å². The van der Waals surface area contributed by atoms with E-state index in [1.165, 1.54) is 22.5 Å². The first-order valence-electron chi connectivity index (χ1n) is 11.1. The molecular formula is C27H30N2O2. The number of nitrogens with zero attached hydrogens (tertiary/aromatic N) is 2. The number of carbonyl (C=O) groups excluding carboxylic acids is 1. The van der Waals surface area contributed by atoms with E-state index in [1.54, 1.807) is 4.90 Å².